The molecule has 1 spiro atoms. The van der Waals surface area contributed by atoms with E-state index in [0.29, 0.717) is 42.9 Å². The van der Waals surface area contributed by atoms with Crippen molar-refractivity contribution in [3.8, 4) is 0 Å². The highest BCUT2D eigenvalue weighted by atomic mass is 33.1. The molecule has 0 unspecified atom stereocenters. The number of ketones is 1. The van der Waals surface area contributed by atoms with Gasteiger partial charge < -0.3 is 46.5 Å². The fourth-order valence-corrected chi connectivity index (χ4v) is 20.1. The van der Waals surface area contributed by atoms with Crippen molar-refractivity contribution in [1.29, 1.82) is 0 Å². The second kappa shape index (κ2) is 18.4. The Labute approximate surface area is 402 Å². The van der Waals surface area contributed by atoms with Crippen LogP contribution in [0.1, 0.15) is 131 Å². The van der Waals surface area contributed by atoms with Crippen molar-refractivity contribution in [2.75, 3.05) is 31.6 Å². The highest BCUT2D eigenvalue weighted by Crippen LogP contribution is 2.72. The Hall–Kier alpha value is -1.91. The van der Waals surface area contributed by atoms with Gasteiger partial charge in [0.1, 0.15) is 6.23 Å². The van der Waals surface area contributed by atoms with Crippen LogP contribution < -0.4 is 16.4 Å². The smallest absolute Gasteiger partial charge is 0.190 e. The van der Waals surface area contributed by atoms with E-state index in [2.05, 4.69) is 61.0 Å². The van der Waals surface area contributed by atoms with Crippen molar-refractivity contribution in [1.82, 2.24) is 20.2 Å². The number of nitrogens with zero attached hydrogens (tertiary/aromatic N) is 3. The maximum absolute atomic E-state index is 15.0. The lowest BCUT2D eigenvalue weighted by molar-refractivity contribution is -0.182. The van der Waals surface area contributed by atoms with Crippen LogP contribution in [-0.2, 0) is 4.79 Å². The summed E-state index contributed by atoms with van der Waals surface area (Å²) >= 11 is 0. The number of nitrogens with two attached hydrogens (primary N) is 1. The van der Waals surface area contributed by atoms with Crippen molar-refractivity contribution in [2.24, 2.45) is 85.6 Å². The van der Waals surface area contributed by atoms with Gasteiger partial charge in [0.15, 0.2) is 11.7 Å². The van der Waals surface area contributed by atoms with Gasteiger partial charge in [-0.3, -0.25) is 9.79 Å². The Bertz CT molecular complexity index is 2050. The van der Waals surface area contributed by atoms with Gasteiger partial charge in [-0.2, -0.15) is 0 Å². The van der Waals surface area contributed by atoms with Crippen LogP contribution in [0.3, 0.4) is 0 Å². The Morgan fingerprint density at radius 1 is 1.02 bits per heavy atom. The minimum atomic E-state index is -1.39. The minimum Gasteiger partial charge on any atom is -0.393 e. The monoisotopic (exact) mass is 951 g/mol. The van der Waals surface area contributed by atoms with Crippen LogP contribution in [0.4, 0.5) is 0 Å². The SMILES string of the molecule is CNC[C@H]1[C@@H](O)[C@@H](O)C[C@]2(C)[C@@H]3C(=CC(=O)[C@H]12)[C@]1(O)[C@H]2CSSC[C@H](n4ccnc4)CC(C)(C)/C(=C4\C[C@H]5CC[C@@H]6CCC[C@]6(C4)C5)C[C@@H](O)[C@@H](C)[C@@H](C2)[C@@]1(C)C[C@@H]3CN=C(N)N[C@@H](C)O. The van der Waals surface area contributed by atoms with E-state index in [1.165, 1.54) is 44.1 Å². The third kappa shape index (κ3) is 8.20. The van der Waals surface area contributed by atoms with Crippen molar-refractivity contribution >= 4 is 33.3 Å². The number of guanidine groups is 1. The molecule has 9 rings (SSSR count). The summed E-state index contributed by atoms with van der Waals surface area (Å²) in [6.07, 6.45) is 17.4. The van der Waals surface area contributed by atoms with Crippen molar-refractivity contribution in [3.63, 3.8) is 0 Å². The molecule has 0 aromatic carbocycles. The van der Waals surface area contributed by atoms with Crippen LogP contribution >= 0.6 is 21.6 Å². The third-order valence-electron chi connectivity index (χ3n) is 20.0. The number of aliphatic imine (C=N–C) groups is 1. The molecule has 6 saturated carbocycles. The Kier molecular flexibility index (Phi) is 13.7. The highest BCUT2D eigenvalue weighted by Gasteiger charge is 2.73. The number of aromatic nitrogens is 2. The van der Waals surface area contributed by atoms with Gasteiger partial charge in [0.05, 0.1) is 30.2 Å². The third-order valence-corrected chi connectivity index (χ3v) is 22.5. The zero-order valence-electron chi connectivity index (χ0n) is 40.8. The average Bonchev–Trinajstić information content (AvgIpc) is 3.98. The fraction of sp³-hybridized carbons (Fsp3) is 0.827. The first-order valence-electron chi connectivity index (χ1n) is 25.6. The first-order chi connectivity index (χ1) is 31.3. The van der Waals surface area contributed by atoms with Crippen LogP contribution in [0.25, 0.3) is 0 Å². The lowest BCUT2D eigenvalue weighted by Crippen LogP contribution is -2.67. The number of aliphatic hydroxyl groups excluding tert-OH is 4. The van der Waals surface area contributed by atoms with Crippen LogP contribution in [0.2, 0.25) is 0 Å². The van der Waals surface area contributed by atoms with Crippen LogP contribution in [0.15, 0.2) is 46.5 Å². The zero-order valence-corrected chi connectivity index (χ0v) is 42.4. The van der Waals surface area contributed by atoms with E-state index >= 15 is 0 Å². The summed E-state index contributed by atoms with van der Waals surface area (Å²) in [6, 6.07) is 0.184. The fourth-order valence-electron chi connectivity index (χ4n) is 17.3. The van der Waals surface area contributed by atoms with Gasteiger partial charge in [-0.05, 0) is 154 Å². The van der Waals surface area contributed by atoms with Crippen LogP contribution in [0, 0.1) is 74.9 Å². The van der Waals surface area contributed by atoms with E-state index in [0.717, 1.165) is 36.5 Å². The van der Waals surface area contributed by atoms with Gasteiger partial charge in [0.25, 0.3) is 0 Å². The predicted octanol–water partition coefficient (Wildman–Crippen LogP) is 6.64. The van der Waals surface area contributed by atoms with Crippen molar-refractivity contribution in [2.45, 2.75) is 161 Å². The van der Waals surface area contributed by atoms with E-state index in [1.807, 2.05) is 41.2 Å². The number of hydrogen-bond acceptors (Lipinski definition) is 11. The molecular weight excluding hydrogens is 869 g/mol. The van der Waals surface area contributed by atoms with E-state index in [1.54, 1.807) is 18.6 Å². The number of allylic oxidation sites excluding steroid dienone is 2. The lowest BCUT2D eigenvalue weighted by Gasteiger charge is -2.64. The number of rotatable bonds is 6. The Morgan fingerprint density at radius 2 is 1.79 bits per heavy atom. The molecule has 8 aliphatic rings. The molecule has 4 bridgehead atoms. The number of carbonyl (C=O) groups excluding carboxylic acids is 1. The van der Waals surface area contributed by atoms with Gasteiger partial charge >= 0.3 is 0 Å². The first-order valence-corrected chi connectivity index (χ1v) is 28.1. The molecule has 368 valence electrons. The quantitative estimate of drug-likeness (QED) is 0.0498. The molecule has 7 aliphatic carbocycles. The van der Waals surface area contributed by atoms with E-state index < -0.39 is 52.8 Å². The molecule has 1 aromatic rings. The predicted molar refractivity (Wildman–Crippen MR) is 264 cm³/mol. The summed E-state index contributed by atoms with van der Waals surface area (Å²) in [5, 5.41) is 66.6. The maximum Gasteiger partial charge on any atom is 0.190 e. The molecular formula is C52H82N6O6S2. The Balaban J connectivity index is 1.16. The maximum atomic E-state index is 15.0. The molecule has 0 amide bonds. The number of hydrogen-bond donors (Lipinski definition) is 8. The number of fused-ring (bicyclic) bond motifs is 10. The van der Waals surface area contributed by atoms with Crippen molar-refractivity contribution in [3.05, 3.63) is 41.5 Å². The molecule has 1 aromatic heterocycles. The highest BCUT2D eigenvalue weighted by molar-refractivity contribution is 8.76. The minimum absolute atomic E-state index is 0.0784. The molecule has 2 heterocycles. The van der Waals surface area contributed by atoms with Crippen LogP contribution in [0.5, 0.6) is 0 Å². The summed E-state index contributed by atoms with van der Waals surface area (Å²) < 4.78 is 2.28. The van der Waals surface area contributed by atoms with E-state index in [-0.39, 0.29) is 65.8 Å². The zero-order chi connectivity index (χ0) is 47.1. The lowest BCUT2D eigenvalue weighted by atomic mass is 9.41. The first kappa shape index (κ1) is 49.1. The number of aliphatic hydroxyl groups is 5. The average molecular weight is 951 g/mol. The topological polar surface area (TPSA) is 198 Å². The van der Waals surface area contributed by atoms with Crippen LogP contribution in [-0.4, -0.2) is 109 Å². The molecule has 0 radical (unpaired) electrons. The van der Waals surface area contributed by atoms with E-state index in [9.17, 15) is 30.3 Å². The van der Waals surface area contributed by atoms with Gasteiger partial charge in [0, 0.05) is 66.2 Å². The molecule has 1 aliphatic heterocycles. The summed E-state index contributed by atoms with van der Waals surface area (Å²) in [5.74, 6) is 0.984. The summed E-state index contributed by atoms with van der Waals surface area (Å²) in [6.45, 7) is 13.7. The molecule has 9 N–H and O–H groups in total. The second-order valence-electron chi connectivity index (χ2n) is 24.2. The number of imidazole rings is 1. The standard InChI is InChI=1S/C52H82N6O6S2/c1-29-38-16-35(26-65-66-27-36(58-14-13-55-28-58)22-48(3,4)39(17-41(29)60)32-15-31-10-11-34-9-8-12-51(34,19-31)21-32)52(64)40-18-42(61)45-37(25-54-7)46(63)43(62)23-49(45,5)44(40)33(20-50(38,52)6)24-56-47(53)57-30(2)59/h13-14,18,28-31,33-38,41,43-46,54,59-60,62-64H,8-12,15-17,19-27H2,1-7H3,(H3,53,56,57)/b39-32+/t29-,30+,31+,33+,34-,35+,36+,37+,38+,41+,43-,44-,45-,46+,49+,50+,51+,52+/m0/s1. The molecule has 1 saturated heterocycles. The van der Waals surface area contributed by atoms with Gasteiger partial charge in [-0.1, -0.05) is 73.8 Å². The molecule has 66 heavy (non-hydrogen) atoms. The molecule has 7 fully saturated rings. The van der Waals surface area contributed by atoms with E-state index in [4.69, 9.17) is 10.7 Å². The molecule has 14 heteroatoms. The summed E-state index contributed by atoms with van der Waals surface area (Å²) in [4.78, 5) is 24.3. The van der Waals surface area contributed by atoms with Gasteiger partial charge in [-0.15, -0.1) is 0 Å². The normalized spacial score (nSPS) is 47.7. The van der Waals surface area contributed by atoms with Gasteiger partial charge in [0.2, 0.25) is 0 Å². The summed E-state index contributed by atoms with van der Waals surface area (Å²) in [5.41, 5.74) is 7.48. The number of nitrogens with one attached hydrogen (secondary N) is 2. The summed E-state index contributed by atoms with van der Waals surface area (Å²) in [7, 11) is 5.50. The van der Waals surface area contributed by atoms with Crippen molar-refractivity contribution < 1.29 is 30.3 Å². The largest absolute Gasteiger partial charge is 0.393 e. The number of carbonyl (C=O) groups is 1. The Morgan fingerprint density at radius 3 is 2.52 bits per heavy atom. The molecule has 12 nitrogen and oxygen atoms in total. The molecule has 18 atom stereocenters. The second-order valence-corrected chi connectivity index (χ2v) is 26.7. The van der Waals surface area contributed by atoms with Gasteiger partial charge in [-0.25, -0.2) is 4.98 Å².